The maximum Gasteiger partial charge on any atom is 0.264 e. The molecule has 36 heavy (non-hydrogen) atoms. The van der Waals surface area contributed by atoms with Crippen molar-refractivity contribution in [2.75, 3.05) is 43.0 Å². The Balaban J connectivity index is 1.24. The van der Waals surface area contributed by atoms with Gasteiger partial charge in [0.15, 0.2) is 5.11 Å². The summed E-state index contributed by atoms with van der Waals surface area (Å²) in [6.45, 7) is 7.74. The quantitative estimate of drug-likeness (QED) is 0.431. The molecule has 0 spiro atoms. The lowest BCUT2D eigenvalue weighted by atomic mass is 10.2. The van der Waals surface area contributed by atoms with Gasteiger partial charge < -0.3 is 19.9 Å². The summed E-state index contributed by atoms with van der Waals surface area (Å²) in [5.41, 5.74) is 2.37. The van der Waals surface area contributed by atoms with Crippen LogP contribution in [-0.2, 0) is 0 Å². The molecule has 0 radical (unpaired) electrons. The van der Waals surface area contributed by atoms with E-state index >= 15 is 0 Å². The van der Waals surface area contributed by atoms with E-state index in [9.17, 15) is 9.59 Å². The van der Waals surface area contributed by atoms with Crippen molar-refractivity contribution in [3.63, 3.8) is 0 Å². The first-order valence-electron chi connectivity index (χ1n) is 11.9. The van der Waals surface area contributed by atoms with E-state index in [4.69, 9.17) is 17.0 Å². The minimum atomic E-state index is -0.283. The Bertz CT molecular complexity index is 1170. The number of thiophene rings is 1. The predicted octanol–water partition coefficient (Wildman–Crippen LogP) is 4.87. The first-order chi connectivity index (χ1) is 17.4. The van der Waals surface area contributed by atoms with Crippen molar-refractivity contribution in [2.45, 2.75) is 13.8 Å². The second-order valence-electron chi connectivity index (χ2n) is 8.94. The van der Waals surface area contributed by atoms with Crippen LogP contribution in [0.5, 0.6) is 5.75 Å². The van der Waals surface area contributed by atoms with Crippen molar-refractivity contribution in [2.24, 2.45) is 5.92 Å². The van der Waals surface area contributed by atoms with Crippen LogP contribution in [0.2, 0.25) is 0 Å². The molecule has 4 rings (SSSR count). The number of nitrogens with zero attached hydrogens (tertiary/aromatic N) is 2. The summed E-state index contributed by atoms with van der Waals surface area (Å²) in [6, 6.07) is 18.7. The van der Waals surface area contributed by atoms with Gasteiger partial charge in [-0.2, -0.15) is 0 Å². The van der Waals surface area contributed by atoms with Gasteiger partial charge in [-0.15, -0.1) is 11.3 Å². The molecule has 1 aliphatic rings. The van der Waals surface area contributed by atoms with Crippen molar-refractivity contribution in [1.82, 2.24) is 10.2 Å². The molecule has 2 amide bonds. The standard InChI is InChI=1S/C27H30N4O3S2/c1-19(2)18-34-23-11-5-20(6-12-23)25(32)29-27(35)28-21-7-9-22(10-8-21)30-13-15-31(16-14-30)26(33)24-4-3-17-36-24/h3-12,17,19H,13-16,18H2,1-2H3,(H2,28,29,32,35). The molecule has 0 aliphatic carbocycles. The number of piperazine rings is 1. The number of anilines is 2. The minimum Gasteiger partial charge on any atom is -0.493 e. The smallest absolute Gasteiger partial charge is 0.264 e. The normalized spacial score (nSPS) is 13.4. The maximum atomic E-state index is 12.5. The number of amides is 2. The second kappa shape index (κ2) is 12.0. The predicted molar refractivity (Wildman–Crippen MR) is 149 cm³/mol. The van der Waals surface area contributed by atoms with Gasteiger partial charge >= 0.3 is 0 Å². The first-order valence-corrected chi connectivity index (χ1v) is 13.2. The van der Waals surface area contributed by atoms with E-state index in [0.29, 0.717) is 31.2 Å². The molecular formula is C27H30N4O3S2. The fourth-order valence-corrected chi connectivity index (χ4v) is 4.68. The Kier molecular flexibility index (Phi) is 8.56. The monoisotopic (exact) mass is 522 g/mol. The summed E-state index contributed by atoms with van der Waals surface area (Å²) in [5.74, 6) is 0.990. The van der Waals surface area contributed by atoms with Crippen molar-refractivity contribution in [1.29, 1.82) is 0 Å². The van der Waals surface area contributed by atoms with Gasteiger partial charge in [0.05, 0.1) is 11.5 Å². The van der Waals surface area contributed by atoms with E-state index in [0.717, 1.165) is 35.1 Å². The molecule has 7 nitrogen and oxygen atoms in total. The first kappa shape index (κ1) is 25.7. The number of hydrogen-bond donors (Lipinski definition) is 2. The lowest BCUT2D eigenvalue weighted by Gasteiger charge is -2.36. The van der Waals surface area contributed by atoms with Crippen LogP contribution in [0.15, 0.2) is 66.0 Å². The Morgan fingerprint density at radius 1 is 1.00 bits per heavy atom. The average Bonchev–Trinajstić information content (AvgIpc) is 3.43. The van der Waals surface area contributed by atoms with E-state index in [1.807, 2.05) is 46.7 Å². The summed E-state index contributed by atoms with van der Waals surface area (Å²) < 4.78 is 5.66. The Morgan fingerprint density at radius 3 is 2.31 bits per heavy atom. The molecule has 9 heteroatoms. The summed E-state index contributed by atoms with van der Waals surface area (Å²) in [6.07, 6.45) is 0. The van der Waals surface area contributed by atoms with Gasteiger partial charge in [0, 0.05) is 43.1 Å². The van der Waals surface area contributed by atoms with E-state index in [1.165, 1.54) is 11.3 Å². The lowest BCUT2D eigenvalue weighted by Crippen LogP contribution is -2.48. The molecule has 2 aromatic carbocycles. The van der Waals surface area contributed by atoms with Gasteiger partial charge in [-0.25, -0.2) is 0 Å². The van der Waals surface area contributed by atoms with Crippen LogP contribution in [0.1, 0.15) is 33.9 Å². The Labute approximate surface area is 221 Å². The number of hydrogen-bond acceptors (Lipinski definition) is 6. The van der Waals surface area contributed by atoms with Crippen molar-refractivity contribution in [3.8, 4) is 5.75 Å². The number of ether oxygens (including phenoxy) is 1. The third kappa shape index (κ3) is 6.83. The minimum absolute atomic E-state index is 0.107. The molecule has 2 N–H and O–H groups in total. The van der Waals surface area contributed by atoms with Crippen LogP contribution in [0.4, 0.5) is 11.4 Å². The number of carbonyl (C=O) groups is 2. The molecule has 0 bridgehead atoms. The number of nitrogens with one attached hydrogen (secondary N) is 2. The average molecular weight is 523 g/mol. The van der Waals surface area contributed by atoms with Gasteiger partial charge in [0.25, 0.3) is 11.8 Å². The molecule has 0 saturated carbocycles. The SMILES string of the molecule is CC(C)COc1ccc(C(=O)NC(=S)Nc2ccc(N3CCN(C(=O)c4cccs4)CC3)cc2)cc1. The summed E-state index contributed by atoms with van der Waals surface area (Å²) in [5, 5.41) is 7.93. The fourth-order valence-electron chi connectivity index (χ4n) is 3.78. The van der Waals surface area contributed by atoms with Crippen LogP contribution < -0.4 is 20.3 Å². The summed E-state index contributed by atoms with van der Waals surface area (Å²) in [4.78, 5) is 30.0. The summed E-state index contributed by atoms with van der Waals surface area (Å²) >= 11 is 6.80. The number of rotatable bonds is 7. The molecule has 1 fully saturated rings. The van der Waals surface area contributed by atoms with E-state index < -0.39 is 0 Å². The Morgan fingerprint density at radius 2 is 1.69 bits per heavy atom. The van der Waals surface area contributed by atoms with Crippen molar-refractivity contribution in [3.05, 3.63) is 76.5 Å². The maximum absolute atomic E-state index is 12.5. The van der Waals surface area contributed by atoms with Crippen molar-refractivity contribution < 1.29 is 14.3 Å². The summed E-state index contributed by atoms with van der Waals surface area (Å²) in [7, 11) is 0. The van der Waals surface area contributed by atoms with Crippen LogP contribution in [0.25, 0.3) is 0 Å². The van der Waals surface area contributed by atoms with E-state index in [-0.39, 0.29) is 16.9 Å². The highest BCUT2D eigenvalue weighted by atomic mass is 32.1. The highest BCUT2D eigenvalue weighted by Gasteiger charge is 2.22. The molecule has 188 valence electrons. The molecule has 1 saturated heterocycles. The molecule has 2 heterocycles. The lowest BCUT2D eigenvalue weighted by molar-refractivity contribution is 0.0751. The molecular weight excluding hydrogens is 492 g/mol. The van der Waals surface area contributed by atoms with E-state index in [1.54, 1.807) is 24.3 Å². The van der Waals surface area contributed by atoms with Gasteiger partial charge in [-0.05, 0) is 78.1 Å². The zero-order valence-corrected chi connectivity index (χ0v) is 22.0. The van der Waals surface area contributed by atoms with Crippen LogP contribution in [0.3, 0.4) is 0 Å². The number of carbonyl (C=O) groups excluding carboxylic acids is 2. The van der Waals surface area contributed by atoms with Gasteiger partial charge in [-0.1, -0.05) is 19.9 Å². The van der Waals surface area contributed by atoms with E-state index in [2.05, 4.69) is 29.4 Å². The van der Waals surface area contributed by atoms with Gasteiger partial charge in [0.1, 0.15) is 5.75 Å². The van der Waals surface area contributed by atoms with Crippen molar-refractivity contribution >= 4 is 51.9 Å². The zero-order chi connectivity index (χ0) is 25.5. The molecule has 1 aliphatic heterocycles. The van der Waals surface area contributed by atoms with Gasteiger partial charge in [0.2, 0.25) is 0 Å². The van der Waals surface area contributed by atoms with Crippen LogP contribution >= 0.6 is 23.6 Å². The number of thiocarbonyl (C=S) groups is 1. The highest BCUT2D eigenvalue weighted by molar-refractivity contribution is 7.80. The Hall–Kier alpha value is -3.43. The number of benzene rings is 2. The highest BCUT2D eigenvalue weighted by Crippen LogP contribution is 2.21. The fraction of sp³-hybridized carbons (Fsp3) is 0.296. The van der Waals surface area contributed by atoms with Gasteiger partial charge in [-0.3, -0.25) is 14.9 Å². The molecule has 0 unspecified atom stereocenters. The largest absolute Gasteiger partial charge is 0.493 e. The molecule has 0 atom stereocenters. The van der Waals surface area contributed by atoms with Crippen LogP contribution in [0, 0.1) is 5.92 Å². The molecule has 3 aromatic rings. The molecule has 1 aromatic heterocycles. The third-order valence-electron chi connectivity index (χ3n) is 5.72. The zero-order valence-electron chi connectivity index (χ0n) is 20.4. The second-order valence-corrected chi connectivity index (χ2v) is 10.3. The van der Waals surface area contributed by atoms with Crippen LogP contribution in [-0.4, -0.2) is 54.6 Å². The third-order valence-corrected chi connectivity index (χ3v) is 6.78. The topological polar surface area (TPSA) is 73.9 Å².